The van der Waals surface area contributed by atoms with Crippen molar-refractivity contribution in [2.24, 2.45) is 0 Å². The van der Waals surface area contributed by atoms with Crippen LogP contribution in [0.2, 0.25) is 0 Å². The van der Waals surface area contributed by atoms with E-state index >= 15 is 0 Å². The van der Waals surface area contributed by atoms with E-state index in [4.69, 9.17) is 53.6 Å². The SMILES string of the molecule is CCCCCCCCCCCCCOCC(COc1ccc(-c2nc(-c3ccc(C)cc3C)nc(-c3ccc(C)cc3C)n2)c(O)c1)OCCCCCCC/C=C/CCCOCC(O)COc1ccc(-c2nc(-c3ccc(C)cc3C)nc(-c3ccc(C)cc3C)n2)c(O)c1. The van der Waals surface area contributed by atoms with E-state index in [-0.39, 0.29) is 37.4 Å². The Kier molecular flexibility index (Phi) is 29.6. The van der Waals surface area contributed by atoms with Gasteiger partial charge >= 0.3 is 0 Å². The number of hydrogen-bond acceptors (Lipinski definition) is 14. The molecular formula is C81H104N6O8. The number of hydrogen-bond donors (Lipinski definition) is 3. The first-order chi connectivity index (χ1) is 46.1. The molecule has 0 radical (unpaired) electrons. The molecule has 14 heteroatoms. The summed E-state index contributed by atoms with van der Waals surface area (Å²) in [7, 11) is 0. The van der Waals surface area contributed by atoms with E-state index in [0.29, 0.717) is 84.0 Å². The van der Waals surface area contributed by atoms with E-state index in [1.165, 1.54) is 70.3 Å². The maximum absolute atomic E-state index is 11.6. The number of rotatable bonds is 41. The summed E-state index contributed by atoms with van der Waals surface area (Å²) < 4.78 is 30.7. The molecule has 14 nitrogen and oxygen atoms in total. The van der Waals surface area contributed by atoms with E-state index in [2.05, 4.69) is 97.0 Å². The Bertz CT molecular complexity index is 3580. The van der Waals surface area contributed by atoms with Gasteiger partial charge in [-0.3, -0.25) is 0 Å². The Hall–Kier alpha value is -7.88. The van der Waals surface area contributed by atoms with Crippen LogP contribution in [0.5, 0.6) is 23.0 Å². The Morgan fingerprint density at radius 1 is 0.347 bits per heavy atom. The van der Waals surface area contributed by atoms with Gasteiger partial charge in [-0.15, -0.1) is 0 Å². The number of phenols is 2. The molecule has 8 aromatic rings. The van der Waals surface area contributed by atoms with Gasteiger partial charge in [0.25, 0.3) is 0 Å². The molecule has 0 aliphatic rings. The predicted molar refractivity (Wildman–Crippen MR) is 384 cm³/mol. The molecule has 0 amide bonds. The smallest absolute Gasteiger partial charge is 0.167 e. The second-order valence-corrected chi connectivity index (χ2v) is 25.9. The van der Waals surface area contributed by atoms with Crippen LogP contribution in [0, 0.1) is 55.4 Å². The Morgan fingerprint density at radius 2 is 0.684 bits per heavy atom. The van der Waals surface area contributed by atoms with E-state index < -0.39 is 6.10 Å². The van der Waals surface area contributed by atoms with Gasteiger partial charge in [-0.25, -0.2) is 29.9 Å². The molecule has 0 saturated heterocycles. The minimum atomic E-state index is -0.836. The second-order valence-electron chi connectivity index (χ2n) is 25.9. The van der Waals surface area contributed by atoms with Gasteiger partial charge in [-0.2, -0.15) is 0 Å². The summed E-state index contributed by atoms with van der Waals surface area (Å²) in [6, 6.07) is 35.1. The van der Waals surface area contributed by atoms with E-state index in [9.17, 15) is 15.3 Å². The summed E-state index contributed by atoms with van der Waals surface area (Å²) in [6.45, 7) is 21.5. The largest absolute Gasteiger partial charge is 0.507 e. The van der Waals surface area contributed by atoms with Crippen LogP contribution in [0.25, 0.3) is 68.3 Å². The zero-order valence-corrected chi connectivity index (χ0v) is 58.2. The summed E-state index contributed by atoms with van der Waals surface area (Å²) in [5.41, 5.74) is 13.4. The number of aliphatic hydroxyl groups is 1. The van der Waals surface area contributed by atoms with Crippen molar-refractivity contribution in [2.75, 3.05) is 46.2 Å². The van der Waals surface area contributed by atoms with Crippen LogP contribution in [0.15, 0.2) is 121 Å². The van der Waals surface area contributed by atoms with Crippen molar-refractivity contribution in [2.45, 2.75) is 197 Å². The molecule has 506 valence electrons. The third kappa shape index (κ3) is 23.5. The van der Waals surface area contributed by atoms with Gasteiger partial charge in [0.2, 0.25) is 0 Å². The van der Waals surface area contributed by atoms with Crippen LogP contribution in [0.1, 0.15) is 173 Å². The highest BCUT2D eigenvalue weighted by atomic mass is 16.6. The lowest BCUT2D eigenvalue weighted by atomic mass is 10.0. The lowest BCUT2D eigenvalue weighted by molar-refractivity contribution is -0.0389. The van der Waals surface area contributed by atoms with Gasteiger partial charge in [0.05, 0.1) is 24.3 Å². The van der Waals surface area contributed by atoms with Crippen LogP contribution in [-0.4, -0.2) is 104 Å². The highest BCUT2D eigenvalue weighted by molar-refractivity contribution is 5.74. The molecule has 0 fully saturated rings. The molecule has 0 aliphatic heterocycles. The number of allylic oxidation sites excluding steroid dienone is 2. The van der Waals surface area contributed by atoms with Crippen molar-refractivity contribution in [1.82, 2.24) is 29.9 Å². The molecule has 0 aliphatic carbocycles. The Morgan fingerprint density at radius 3 is 1.09 bits per heavy atom. The molecule has 2 aromatic heterocycles. The number of unbranched alkanes of at least 4 members (excludes halogenated alkanes) is 16. The van der Waals surface area contributed by atoms with Crippen LogP contribution < -0.4 is 9.47 Å². The van der Waals surface area contributed by atoms with Crippen molar-refractivity contribution in [3.63, 3.8) is 0 Å². The monoisotopic (exact) mass is 1290 g/mol. The number of aromatic nitrogens is 6. The number of aliphatic hydroxyl groups excluding tert-OH is 1. The normalized spacial score (nSPS) is 12.2. The first kappa shape index (κ1) is 72.9. The summed E-state index contributed by atoms with van der Waals surface area (Å²) >= 11 is 0. The summed E-state index contributed by atoms with van der Waals surface area (Å²) in [4.78, 5) is 29.4. The molecule has 2 unspecified atom stereocenters. The van der Waals surface area contributed by atoms with Gasteiger partial charge in [0, 0.05) is 54.2 Å². The molecule has 2 atom stereocenters. The van der Waals surface area contributed by atoms with Crippen molar-refractivity contribution in [3.05, 3.63) is 166 Å². The summed E-state index contributed by atoms with van der Waals surface area (Å²) in [6.07, 6.45) is 25.8. The van der Waals surface area contributed by atoms with Crippen molar-refractivity contribution in [1.29, 1.82) is 0 Å². The molecule has 8 rings (SSSR count). The maximum atomic E-state index is 11.6. The van der Waals surface area contributed by atoms with Gasteiger partial charge < -0.3 is 39.0 Å². The van der Waals surface area contributed by atoms with Crippen molar-refractivity contribution >= 4 is 0 Å². The quantitative estimate of drug-likeness (QED) is 0.0243. The minimum absolute atomic E-state index is 0.0113. The number of phenolic OH excluding ortho intramolecular Hbond substituents is 2. The third-order valence-corrected chi connectivity index (χ3v) is 17.3. The molecular weight excluding hydrogens is 1180 g/mol. The summed E-state index contributed by atoms with van der Waals surface area (Å²) in [5, 5.41) is 33.5. The van der Waals surface area contributed by atoms with E-state index in [1.807, 2.05) is 62.4 Å². The number of ether oxygens (including phenoxy) is 5. The first-order valence-electron chi connectivity index (χ1n) is 35.0. The first-order valence-corrected chi connectivity index (χ1v) is 35.0. The third-order valence-electron chi connectivity index (χ3n) is 17.3. The average Bonchev–Trinajstić information content (AvgIpc) is 0.811. The molecule has 6 aromatic carbocycles. The van der Waals surface area contributed by atoms with Crippen LogP contribution in [0.3, 0.4) is 0 Å². The highest BCUT2D eigenvalue weighted by Crippen LogP contribution is 2.37. The zero-order valence-electron chi connectivity index (χ0n) is 58.2. The zero-order chi connectivity index (χ0) is 67.3. The number of aromatic hydroxyl groups is 2. The number of aryl methyl sites for hydroxylation is 8. The standard InChI is InChI=1S/C81H104N6O8/c1-10-11-12-13-14-15-16-19-23-26-29-44-92-54-67(55-95-66-36-42-73(75(90)51-66)81-86-78(70-39-33-58(4)48-62(70)8)83-79(87-81)71-40-34-59(5)49-63(71)9)93-45-30-27-24-21-18-17-20-22-25-28-43-91-52-64(88)53-94-65-35-41-72(74(89)50-65)80-84-76(68-37-31-56(2)46-60(68)6)82-77(85-80)69-38-32-57(3)47-61(69)7/h20,22,31-42,46-51,64,67,88-90H,10-19,21,23-30,43-45,52-55H2,1-9H3/b22-20+. The fraction of sp³-hybridized carbons (Fsp3) is 0.457. The van der Waals surface area contributed by atoms with Gasteiger partial charge in [-0.05, 0) is 140 Å². The molecule has 95 heavy (non-hydrogen) atoms. The predicted octanol–water partition coefficient (Wildman–Crippen LogP) is 19.2. The number of nitrogens with zero attached hydrogens (tertiary/aromatic N) is 6. The molecule has 0 saturated carbocycles. The summed E-state index contributed by atoms with van der Waals surface area (Å²) in [5.74, 6) is 3.79. The van der Waals surface area contributed by atoms with Crippen molar-refractivity contribution < 1.29 is 39.0 Å². The molecule has 0 bridgehead atoms. The molecule has 2 heterocycles. The lowest BCUT2D eigenvalue weighted by Gasteiger charge is -2.19. The van der Waals surface area contributed by atoms with E-state index in [0.717, 1.165) is 125 Å². The van der Waals surface area contributed by atoms with Crippen molar-refractivity contribution in [3.8, 4) is 91.3 Å². The fourth-order valence-electron chi connectivity index (χ4n) is 11.9. The van der Waals surface area contributed by atoms with E-state index in [1.54, 1.807) is 18.2 Å². The van der Waals surface area contributed by atoms with Crippen LogP contribution in [0.4, 0.5) is 0 Å². The Balaban J connectivity index is 0.734. The molecule has 3 N–H and O–H groups in total. The maximum Gasteiger partial charge on any atom is 0.167 e. The van der Waals surface area contributed by atoms with Gasteiger partial charge in [0.1, 0.15) is 48.4 Å². The van der Waals surface area contributed by atoms with Crippen LogP contribution in [-0.2, 0) is 14.2 Å². The highest BCUT2D eigenvalue weighted by Gasteiger charge is 2.21. The Labute approximate surface area is 566 Å². The topological polar surface area (TPSA) is 184 Å². The fourth-order valence-corrected chi connectivity index (χ4v) is 11.9. The van der Waals surface area contributed by atoms with Crippen LogP contribution >= 0.6 is 0 Å². The average molecular weight is 1290 g/mol. The van der Waals surface area contributed by atoms with Gasteiger partial charge in [-0.1, -0.05) is 198 Å². The second kappa shape index (κ2) is 38.6. The number of benzene rings is 6. The minimum Gasteiger partial charge on any atom is -0.507 e. The van der Waals surface area contributed by atoms with Gasteiger partial charge in [0.15, 0.2) is 34.9 Å². The lowest BCUT2D eigenvalue weighted by Crippen LogP contribution is -2.28. The molecule has 0 spiro atoms.